The van der Waals surface area contributed by atoms with E-state index >= 15 is 0 Å². The minimum Gasteiger partial charge on any atom is -0.496 e. The Kier molecular flexibility index (Phi) is 9.02. The topological polar surface area (TPSA) is 42.0 Å². The van der Waals surface area contributed by atoms with E-state index in [2.05, 4.69) is 9.80 Å². The van der Waals surface area contributed by atoms with Crippen LogP contribution >= 0.6 is 0 Å². The number of ketones is 1. The number of carbonyl (C=O) groups is 1. The van der Waals surface area contributed by atoms with E-state index < -0.39 is 0 Å². The Bertz CT molecular complexity index is 1140. The molecule has 0 radical (unpaired) electrons. The molecule has 3 aromatic rings. The van der Waals surface area contributed by atoms with Gasteiger partial charge in [-0.25, -0.2) is 0 Å². The highest BCUT2D eigenvalue weighted by atomic mass is 16.5. The van der Waals surface area contributed by atoms with Gasteiger partial charge < -0.3 is 19.3 Å². The summed E-state index contributed by atoms with van der Waals surface area (Å²) in [5.41, 5.74) is 4.55. The van der Waals surface area contributed by atoms with Gasteiger partial charge in [-0.05, 0) is 69.7 Å². The normalized spacial score (nSPS) is 11.4. The Balaban J connectivity index is 1.95. The Labute approximate surface area is 203 Å². The van der Waals surface area contributed by atoms with Crippen LogP contribution in [0.2, 0.25) is 0 Å². The van der Waals surface area contributed by atoms with Crippen molar-refractivity contribution in [1.82, 2.24) is 9.80 Å². The molecule has 0 N–H and O–H groups in total. The zero-order valence-electron chi connectivity index (χ0n) is 20.7. The first kappa shape index (κ1) is 25.2. The van der Waals surface area contributed by atoms with Crippen molar-refractivity contribution in [2.24, 2.45) is 0 Å². The van der Waals surface area contributed by atoms with Crippen LogP contribution < -0.4 is 9.47 Å². The van der Waals surface area contributed by atoms with Gasteiger partial charge in [0, 0.05) is 29.8 Å². The van der Waals surface area contributed by atoms with Gasteiger partial charge in [0.05, 0.1) is 7.11 Å². The summed E-state index contributed by atoms with van der Waals surface area (Å²) in [5.74, 6) is 1.51. The highest BCUT2D eigenvalue weighted by Crippen LogP contribution is 2.33. The number of benzene rings is 3. The quantitative estimate of drug-likeness (QED) is 0.290. The molecule has 0 atom stereocenters. The van der Waals surface area contributed by atoms with Crippen molar-refractivity contribution in [2.75, 3.05) is 48.5 Å². The standard InChI is InChI=1S/C29H34N2O3/c1-30(2)18-19-34-28-17-15-22(26-12-8-9-13-29(26)33-5)20-23(28)14-16-27(32)25-11-7-6-10-24(25)21-31(3)4/h6-17,20H,18-19,21H2,1-5H3. The van der Waals surface area contributed by atoms with Gasteiger partial charge in [-0.1, -0.05) is 48.5 Å². The van der Waals surface area contributed by atoms with Crippen molar-refractivity contribution in [3.63, 3.8) is 0 Å². The lowest BCUT2D eigenvalue weighted by molar-refractivity contribution is 0.104. The smallest absolute Gasteiger partial charge is 0.186 e. The minimum atomic E-state index is -0.0283. The number of ether oxygens (including phenoxy) is 2. The monoisotopic (exact) mass is 458 g/mol. The second kappa shape index (κ2) is 12.2. The maximum atomic E-state index is 13.1. The van der Waals surface area contributed by atoms with Crippen molar-refractivity contribution in [3.8, 4) is 22.6 Å². The van der Waals surface area contributed by atoms with E-state index in [0.29, 0.717) is 18.7 Å². The van der Waals surface area contributed by atoms with E-state index in [1.807, 2.05) is 101 Å². The first-order chi connectivity index (χ1) is 16.4. The molecule has 0 aromatic heterocycles. The molecule has 0 spiro atoms. The molecule has 0 aliphatic carbocycles. The number of likely N-dealkylation sites (N-methyl/N-ethyl adjacent to an activating group) is 1. The molecule has 5 heteroatoms. The van der Waals surface area contributed by atoms with Crippen LogP contribution in [0.1, 0.15) is 21.5 Å². The minimum absolute atomic E-state index is 0.0283. The van der Waals surface area contributed by atoms with Gasteiger partial charge in [0.25, 0.3) is 0 Å². The first-order valence-corrected chi connectivity index (χ1v) is 11.4. The van der Waals surface area contributed by atoms with Crippen LogP contribution in [0, 0.1) is 0 Å². The van der Waals surface area contributed by atoms with Gasteiger partial charge in [-0.15, -0.1) is 0 Å². The summed E-state index contributed by atoms with van der Waals surface area (Å²) in [7, 11) is 9.69. The molecule has 34 heavy (non-hydrogen) atoms. The second-order valence-corrected chi connectivity index (χ2v) is 8.70. The van der Waals surface area contributed by atoms with Crippen LogP contribution in [0.3, 0.4) is 0 Å². The average molecular weight is 459 g/mol. The number of rotatable bonds is 11. The molecule has 0 bridgehead atoms. The summed E-state index contributed by atoms with van der Waals surface area (Å²) in [6, 6.07) is 21.7. The Morgan fingerprint density at radius 2 is 1.62 bits per heavy atom. The van der Waals surface area contributed by atoms with Crippen LogP contribution in [0.5, 0.6) is 11.5 Å². The lowest BCUT2D eigenvalue weighted by Gasteiger charge is -2.15. The number of carbonyl (C=O) groups excluding carboxylic acids is 1. The summed E-state index contributed by atoms with van der Waals surface area (Å²) < 4.78 is 11.6. The number of hydrogen-bond donors (Lipinski definition) is 0. The summed E-state index contributed by atoms with van der Waals surface area (Å²) in [6.45, 7) is 2.06. The number of methoxy groups -OCH3 is 1. The van der Waals surface area contributed by atoms with Crippen molar-refractivity contribution < 1.29 is 14.3 Å². The summed E-state index contributed by atoms with van der Waals surface area (Å²) >= 11 is 0. The average Bonchev–Trinajstić information content (AvgIpc) is 2.82. The van der Waals surface area contributed by atoms with Crippen LogP contribution in [-0.2, 0) is 6.54 Å². The molecule has 0 aliphatic rings. The van der Waals surface area contributed by atoms with Crippen molar-refractivity contribution in [3.05, 3.63) is 89.5 Å². The lowest BCUT2D eigenvalue weighted by atomic mass is 9.99. The van der Waals surface area contributed by atoms with Gasteiger partial charge >= 0.3 is 0 Å². The summed E-state index contributed by atoms with van der Waals surface area (Å²) in [5, 5.41) is 0. The Hall–Kier alpha value is -3.41. The fraction of sp³-hybridized carbons (Fsp3) is 0.276. The molecule has 5 nitrogen and oxygen atoms in total. The molecule has 0 saturated heterocycles. The zero-order valence-corrected chi connectivity index (χ0v) is 20.7. The lowest BCUT2D eigenvalue weighted by Crippen LogP contribution is -2.19. The van der Waals surface area contributed by atoms with Crippen LogP contribution in [0.4, 0.5) is 0 Å². The summed E-state index contributed by atoms with van der Waals surface area (Å²) in [4.78, 5) is 17.2. The predicted molar refractivity (Wildman–Crippen MR) is 140 cm³/mol. The third-order valence-electron chi connectivity index (χ3n) is 5.41. The van der Waals surface area contributed by atoms with Crippen molar-refractivity contribution in [1.29, 1.82) is 0 Å². The number of allylic oxidation sites excluding steroid dienone is 1. The van der Waals surface area contributed by atoms with E-state index in [0.717, 1.165) is 40.3 Å². The highest BCUT2D eigenvalue weighted by molar-refractivity contribution is 6.08. The molecule has 3 aromatic carbocycles. The van der Waals surface area contributed by atoms with Crippen LogP contribution in [0.15, 0.2) is 72.8 Å². The molecular weight excluding hydrogens is 424 g/mol. The molecule has 0 aliphatic heterocycles. The SMILES string of the molecule is COc1ccccc1-c1ccc(OCCN(C)C)c(C=CC(=O)c2ccccc2CN(C)C)c1. The Morgan fingerprint density at radius 3 is 2.35 bits per heavy atom. The maximum Gasteiger partial charge on any atom is 0.186 e. The van der Waals surface area contributed by atoms with E-state index in [1.165, 1.54) is 0 Å². The number of hydrogen-bond acceptors (Lipinski definition) is 5. The van der Waals surface area contributed by atoms with Crippen molar-refractivity contribution in [2.45, 2.75) is 6.54 Å². The molecule has 0 unspecified atom stereocenters. The largest absolute Gasteiger partial charge is 0.496 e. The van der Waals surface area contributed by atoms with Gasteiger partial charge in [-0.3, -0.25) is 4.79 Å². The Morgan fingerprint density at radius 1 is 0.882 bits per heavy atom. The molecule has 0 heterocycles. The predicted octanol–water partition coefficient (Wildman–Crippen LogP) is 5.26. The third kappa shape index (κ3) is 6.80. The van der Waals surface area contributed by atoms with E-state index in [-0.39, 0.29) is 5.78 Å². The van der Waals surface area contributed by atoms with Gasteiger partial charge in [0.2, 0.25) is 0 Å². The van der Waals surface area contributed by atoms with Gasteiger partial charge in [0.1, 0.15) is 18.1 Å². The van der Waals surface area contributed by atoms with Gasteiger partial charge in [-0.2, -0.15) is 0 Å². The molecule has 3 rings (SSSR count). The first-order valence-electron chi connectivity index (χ1n) is 11.4. The number of nitrogens with zero attached hydrogens (tertiary/aromatic N) is 2. The van der Waals surface area contributed by atoms with E-state index in [4.69, 9.17) is 9.47 Å². The van der Waals surface area contributed by atoms with Crippen LogP contribution in [-0.4, -0.2) is 64.0 Å². The zero-order chi connectivity index (χ0) is 24.5. The van der Waals surface area contributed by atoms with E-state index in [1.54, 1.807) is 13.2 Å². The molecule has 0 saturated carbocycles. The molecule has 0 fully saturated rings. The highest BCUT2D eigenvalue weighted by Gasteiger charge is 2.12. The molecule has 0 amide bonds. The number of para-hydroxylation sites is 1. The third-order valence-corrected chi connectivity index (χ3v) is 5.41. The fourth-order valence-corrected chi connectivity index (χ4v) is 3.69. The second-order valence-electron chi connectivity index (χ2n) is 8.70. The molecule has 178 valence electrons. The fourth-order valence-electron chi connectivity index (χ4n) is 3.69. The van der Waals surface area contributed by atoms with Crippen LogP contribution in [0.25, 0.3) is 17.2 Å². The molecular formula is C29H34N2O3. The maximum absolute atomic E-state index is 13.1. The van der Waals surface area contributed by atoms with E-state index in [9.17, 15) is 4.79 Å². The summed E-state index contributed by atoms with van der Waals surface area (Å²) in [6.07, 6.45) is 3.48. The van der Waals surface area contributed by atoms with Gasteiger partial charge in [0.15, 0.2) is 5.78 Å². The van der Waals surface area contributed by atoms with Crippen molar-refractivity contribution >= 4 is 11.9 Å².